The minimum Gasteiger partial charge on any atom is -0.348 e. The number of halogens is 1. The van der Waals surface area contributed by atoms with Crippen LogP contribution in [-0.4, -0.2) is 39.7 Å². The Morgan fingerprint density at radius 3 is 2.71 bits per heavy atom. The van der Waals surface area contributed by atoms with E-state index in [9.17, 15) is 4.79 Å². The summed E-state index contributed by atoms with van der Waals surface area (Å²) in [6, 6.07) is 18.0. The number of carbonyl (C=O) groups excluding carboxylic acids is 1. The summed E-state index contributed by atoms with van der Waals surface area (Å²) in [5.74, 6) is -0.0771. The highest BCUT2D eigenvalue weighted by Gasteiger charge is 2.22. The zero-order valence-corrected chi connectivity index (χ0v) is 16.3. The lowest BCUT2D eigenvalue weighted by Gasteiger charge is -2.33. The van der Waals surface area contributed by atoms with Crippen molar-refractivity contribution in [3.05, 3.63) is 83.1 Å². The van der Waals surface area contributed by atoms with Crippen LogP contribution < -0.4 is 5.32 Å². The van der Waals surface area contributed by atoms with Gasteiger partial charge in [0.15, 0.2) is 0 Å². The first-order valence-corrected chi connectivity index (χ1v) is 9.93. The Hall–Kier alpha value is -2.63. The van der Waals surface area contributed by atoms with Gasteiger partial charge in [0.2, 0.25) is 0 Å². The highest BCUT2D eigenvalue weighted by atomic mass is 35.5. The van der Waals surface area contributed by atoms with E-state index < -0.39 is 0 Å². The van der Waals surface area contributed by atoms with Gasteiger partial charge in [0.25, 0.3) is 5.91 Å². The molecule has 2 aromatic carbocycles. The monoisotopic (exact) mass is 394 g/mol. The predicted octanol–water partition coefficient (Wildman–Crippen LogP) is 3.92. The lowest BCUT2D eigenvalue weighted by molar-refractivity contribution is 0.0901. The van der Waals surface area contributed by atoms with Gasteiger partial charge >= 0.3 is 0 Å². The number of rotatable bonds is 5. The largest absolute Gasteiger partial charge is 0.348 e. The summed E-state index contributed by atoms with van der Waals surface area (Å²) in [5.41, 5.74) is 2.74. The van der Waals surface area contributed by atoms with Crippen molar-refractivity contribution in [2.45, 2.75) is 25.4 Å². The van der Waals surface area contributed by atoms with Crippen LogP contribution in [0.4, 0.5) is 0 Å². The summed E-state index contributed by atoms with van der Waals surface area (Å²) in [6.45, 7) is 2.85. The minimum atomic E-state index is -0.0771. The van der Waals surface area contributed by atoms with Crippen LogP contribution in [0.3, 0.4) is 0 Å². The fourth-order valence-electron chi connectivity index (χ4n) is 3.60. The van der Waals surface area contributed by atoms with E-state index in [1.807, 2.05) is 30.3 Å². The maximum atomic E-state index is 12.7. The number of piperidine rings is 1. The van der Waals surface area contributed by atoms with Crippen molar-refractivity contribution in [2.75, 3.05) is 13.1 Å². The Bertz CT molecular complexity index is 923. The van der Waals surface area contributed by atoms with Crippen LogP contribution >= 0.6 is 11.6 Å². The van der Waals surface area contributed by atoms with Crippen molar-refractivity contribution in [3.8, 4) is 5.69 Å². The van der Waals surface area contributed by atoms with Crippen molar-refractivity contribution in [1.82, 2.24) is 20.0 Å². The molecule has 6 heteroatoms. The third-order valence-electron chi connectivity index (χ3n) is 5.03. The van der Waals surface area contributed by atoms with Gasteiger partial charge in [-0.2, -0.15) is 5.10 Å². The number of hydrogen-bond donors (Lipinski definition) is 1. The molecule has 1 fully saturated rings. The predicted molar refractivity (Wildman–Crippen MR) is 111 cm³/mol. The second-order valence-corrected chi connectivity index (χ2v) is 7.62. The van der Waals surface area contributed by atoms with E-state index in [1.165, 1.54) is 5.56 Å². The molecule has 0 bridgehead atoms. The zero-order chi connectivity index (χ0) is 19.3. The van der Waals surface area contributed by atoms with E-state index in [0.29, 0.717) is 10.6 Å². The van der Waals surface area contributed by atoms with Gasteiger partial charge < -0.3 is 5.32 Å². The van der Waals surface area contributed by atoms with Crippen LogP contribution in [0, 0.1) is 0 Å². The van der Waals surface area contributed by atoms with E-state index in [2.05, 4.69) is 39.6 Å². The summed E-state index contributed by atoms with van der Waals surface area (Å²) < 4.78 is 1.69. The summed E-state index contributed by atoms with van der Waals surface area (Å²) in [7, 11) is 0. The number of benzene rings is 2. The Morgan fingerprint density at radius 1 is 1.14 bits per heavy atom. The van der Waals surface area contributed by atoms with Gasteiger partial charge in [-0.1, -0.05) is 41.9 Å². The van der Waals surface area contributed by atoms with Crippen molar-refractivity contribution >= 4 is 17.5 Å². The quantitative estimate of drug-likeness (QED) is 0.713. The molecule has 1 aromatic heterocycles. The standard InChI is InChI=1S/C22H23ClN4O/c23-19-8-10-21(11-9-19)27-15-18(13-24-27)22(28)25-20-7-4-12-26(16-20)14-17-5-2-1-3-6-17/h1-3,5-6,8-11,13,15,20H,4,7,12,14,16H2,(H,25,28). The van der Waals surface area contributed by atoms with E-state index >= 15 is 0 Å². The Labute approximate surface area is 169 Å². The van der Waals surface area contributed by atoms with Crippen LogP contribution in [0.1, 0.15) is 28.8 Å². The second kappa shape index (κ2) is 8.59. The molecule has 2 heterocycles. The van der Waals surface area contributed by atoms with Crippen molar-refractivity contribution in [3.63, 3.8) is 0 Å². The van der Waals surface area contributed by atoms with Crippen molar-refractivity contribution < 1.29 is 4.79 Å². The Morgan fingerprint density at radius 2 is 1.93 bits per heavy atom. The van der Waals surface area contributed by atoms with Crippen LogP contribution in [0.15, 0.2) is 67.0 Å². The molecule has 1 N–H and O–H groups in total. The number of carbonyl (C=O) groups is 1. The van der Waals surface area contributed by atoms with E-state index in [-0.39, 0.29) is 11.9 Å². The molecule has 4 rings (SSSR count). The molecule has 144 valence electrons. The lowest BCUT2D eigenvalue weighted by atomic mass is 10.0. The number of likely N-dealkylation sites (tertiary alicyclic amines) is 1. The maximum absolute atomic E-state index is 12.7. The fourth-order valence-corrected chi connectivity index (χ4v) is 3.73. The number of hydrogen-bond acceptors (Lipinski definition) is 3. The molecule has 28 heavy (non-hydrogen) atoms. The smallest absolute Gasteiger partial charge is 0.254 e. The third kappa shape index (κ3) is 4.61. The summed E-state index contributed by atoms with van der Waals surface area (Å²) >= 11 is 5.93. The molecule has 1 amide bonds. The molecular formula is C22H23ClN4O. The minimum absolute atomic E-state index is 0.0771. The summed E-state index contributed by atoms with van der Waals surface area (Å²) in [6.07, 6.45) is 5.45. The third-order valence-corrected chi connectivity index (χ3v) is 5.28. The van der Waals surface area contributed by atoms with Gasteiger partial charge in [0.05, 0.1) is 17.4 Å². The number of amides is 1. The van der Waals surface area contributed by atoms with E-state index in [0.717, 1.165) is 38.2 Å². The number of aromatic nitrogens is 2. The van der Waals surface area contributed by atoms with Gasteiger partial charge in [0, 0.05) is 30.4 Å². The van der Waals surface area contributed by atoms with Gasteiger partial charge in [0.1, 0.15) is 0 Å². The lowest BCUT2D eigenvalue weighted by Crippen LogP contribution is -2.47. The Balaban J connectivity index is 1.36. The zero-order valence-electron chi connectivity index (χ0n) is 15.6. The summed E-state index contributed by atoms with van der Waals surface area (Å²) in [4.78, 5) is 15.1. The highest BCUT2D eigenvalue weighted by molar-refractivity contribution is 6.30. The molecule has 0 aliphatic carbocycles. The molecule has 0 radical (unpaired) electrons. The van der Waals surface area contributed by atoms with Crippen LogP contribution in [-0.2, 0) is 6.54 Å². The van der Waals surface area contributed by atoms with Crippen LogP contribution in [0.5, 0.6) is 0 Å². The topological polar surface area (TPSA) is 50.2 Å². The average molecular weight is 395 g/mol. The first kappa shape index (κ1) is 18.7. The molecule has 3 aromatic rings. The molecular weight excluding hydrogens is 372 g/mol. The normalized spacial score (nSPS) is 17.4. The van der Waals surface area contributed by atoms with Gasteiger partial charge in [-0.3, -0.25) is 9.69 Å². The molecule has 0 saturated carbocycles. The highest BCUT2D eigenvalue weighted by Crippen LogP contribution is 2.16. The van der Waals surface area contributed by atoms with Gasteiger partial charge in [-0.25, -0.2) is 4.68 Å². The van der Waals surface area contributed by atoms with Crippen molar-refractivity contribution in [2.24, 2.45) is 0 Å². The molecule has 1 aliphatic rings. The maximum Gasteiger partial charge on any atom is 0.254 e. The summed E-state index contributed by atoms with van der Waals surface area (Å²) in [5, 5.41) is 8.15. The second-order valence-electron chi connectivity index (χ2n) is 7.18. The fraction of sp³-hybridized carbons (Fsp3) is 0.273. The molecule has 0 spiro atoms. The molecule has 1 unspecified atom stereocenters. The van der Waals surface area contributed by atoms with Gasteiger partial charge in [-0.05, 0) is 49.2 Å². The van der Waals surface area contributed by atoms with Crippen molar-refractivity contribution in [1.29, 1.82) is 0 Å². The number of nitrogens with zero attached hydrogens (tertiary/aromatic N) is 3. The molecule has 1 aliphatic heterocycles. The van der Waals surface area contributed by atoms with Gasteiger partial charge in [-0.15, -0.1) is 0 Å². The first-order valence-electron chi connectivity index (χ1n) is 9.55. The Kier molecular flexibility index (Phi) is 5.74. The molecule has 1 atom stereocenters. The SMILES string of the molecule is O=C(NC1CCCN(Cc2ccccc2)C1)c1cnn(-c2ccc(Cl)cc2)c1. The number of nitrogens with one attached hydrogen (secondary N) is 1. The average Bonchev–Trinajstić information content (AvgIpc) is 3.20. The van der Waals surface area contributed by atoms with Crippen LogP contribution in [0.2, 0.25) is 5.02 Å². The van der Waals surface area contributed by atoms with E-state index in [1.54, 1.807) is 17.1 Å². The molecule has 1 saturated heterocycles. The van der Waals surface area contributed by atoms with E-state index in [4.69, 9.17) is 11.6 Å². The molecule has 5 nitrogen and oxygen atoms in total. The van der Waals surface area contributed by atoms with Crippen LogP contribution in [0.25, 0.3) is 5.69 Å². The first-order chi connectivity index (χ1) is 13.7.